The van der Waals surface area contributed by atoms with E-state index in [1.54, 1.807) is 29.8 Å². The highest BCUT2D eigenvalue weighted by atomic mass is 16.6. The fraction of sp³-hybridized carbons (Fsp3) is 0.400. The molecule has 2 heterocycles. The lowest BCUT2D eigenvalue weighted by Gasteiger charge is -2.31. The van der Waals surface area contributed by atoms with Crippen LogP contribution in [0.3, 0.4) is 0 Å². The number of anilines is 2. The van der Waals surface area contributed by atoms with Gasteiger partial charge < -0.3 is 19.9 Å². The normalized spacial score (nSPS) is 14.4. The van der Waals surface area contributed by atoms with Crippen molar-refractivity contribution < 1.29 is 14.3 Å². The number of hydrogen-bond acceptors (Lipinski definition) is 6. The van der Waals surface area contributed by atoms with Crippen molar-refractivity contribution in [1.29, 1.82) is 0 Å². The van der Waals surface area contributed by atoms with E-state index < -0.39 is 0 Å². The molecule has 1 aromatic carbocycles. The van der Waals surface area contributed by atoms with Crippen molar-refractivity contribution in [1.82, 2.24) is 14.9 Å². The average Bonchev–Trinajstić information content (AvgIpc) is 2.74. The van der Waals surface area contributed by atoms with Gasteiger partial charge in [0.25, 0.3) is 5.91 Å². The van der Waals surface area contributed by atoms with Crippen molar-refractivity contribution in [2.24, 2.45) is 0 Å². The second-order valence-electron chi connectivity index (χ2n) is 6.59. The molecule has 0 aliphatic carbocycles. The molecule has 1 N–H and O–H groups in total. The molecule has 8 heteroatoms. The first-order valence-electron chi connectivity index (χ1n) is 9.42. The van der Waals surface area contributed by atoms with Crippen LogP contribution in [0.2, 0.25) is 0 Å². The molecule has 1 aromatic heterocycles. The quantitative estimate of drug-likeness (QED) is 0.854. The van der Waals surface area contributed by atoms with E-state index in [1.165, 1.54) is 6.33 Å². The van der Waals surface area contributed by atoms with E-state index in [2.05, 4.69) is 15.3 Å². The molecule has 3 rings (SSSR count). The molecule has 2 aromatic rings. The maximum absolute atomic E-state index is 12.7. The number of nitrogens with one attached hydrogen (secondary N) is 1. The molecule has 1 fully saturated rings. The second kappa shape index (κ2) is 9.16. The minimum absolute atomic E-state index is 0.176. The minimum atomic E-state index is -0.264. The summed E-state index contributed by atoms with van der Waals surface area (Å²) in [7, 11) is 1.72. The zero-order valence-electron chi connectivity index (χ0n) is 16.2. The standard InChI is InChI=1S/C20H25N5O3/c1-3-28-20(27)25-11-9-15(10-12-25)23-18-13-17(21-14-22-18)19(26)24(2)16-7-5-4-6-8-16/h4-8,13-15H,3,9-12H2,1-2H3,(H,21,22,23). The third-order valence-electron chi connectivity index (χ3n) is 4.71. The van der Waals surface area contributed by atoms with E-state index in [1.807, 2.05) is 30.3 Å². The van der Waals surface area contributed by atoms with Gasteiger partial charge in [-0.15, -0.1) is 0 Å². The Morgan fingerprint density at radius 3 is 2.61 bits per heavy atom. The number of aromatic nitrogens is 2. The van der Waals surface area contributed by atoms with Gasteiger partial charge in [-0.25, -0.2) is 14.8 Å². The number of para-hydroxylation sites is 1. The number of piperidine rings is 1. The van der Waals surface area contributed by atoms with E-state index >= 15 is 0 Å². The van der Waals surface area contributed by atoms with Gasteiger partial charge in [-0.1, -0.05) is 18.2 Å². The van der Waals surface area contributed by atoms with Gasteiger partial charge in [-0.3, -0.25) is 4.79 Å². The van der Waals surface area contributed by atoms with Crippen molar-refractivity contribution in [3.63, 3.8) is 0 Å². The van der Waals surface area contributed by atoms with Crippen LogP contribution in [-0.2, 0) is 4.74 Å². The zero-order valence-corrected chi connectivity index (χ0v) is 16.2. The van der Waals surface area contributed by atoms with Gasteiger partial charge in [0.2, 0.25) is 0 Å². The van der Waals surface area contributed by atoms with Crippen LogP contribution in [0.5, 0.6) is 0 Å². The molecule has 1 aliphatic rings. The highest BCUT2D eigenvalue weighted by molar-refractivity contribution is 6.04. The summed E-state index contributed by atoms with van der Waals surface area (Å²) in [5.74, 6) is 0.406. The summed E-state index contributed by atoms with van der Waals surface area (Å²) in [6.45, 7) is 3.44. The third kappa shape index (κ3) is 4.76. The summed E-state index contributed by atoms with van der Waals surface area (Å²) in [6, 6.07) is 11.3. The van der Waals surface area contributed by atoms with Crippen molar-refractivity contribution in [2.45, 2.75) is 25.8 Å². The van der Waals surface area contributed by atoms with Crippen molar-refractivity contribution in [2.75, 3.05) is 37.0 Å². The molecular formula is C20H25N5O3. The van der Waals surface area contributed by atoms with Crippen molar-refractivity contribution >= 4 is 23.5 Å². The van der Waals surface area contributed by atoms with Gasteiger partial charge in [-0.05, 0) is 31.9 Å². The number of rotatable bonds is 5. The molecule has 1 saturated heterocycles. The Morgan fingerprint density at radius 2 is 1.93 bits per heavy atom. The number of likely N-dealkylation sites (tertiary alicyclic amines) is 1. The first-order chi connectivity index (χ1) is 13.6. The predicted octanol–water partition coefficient (Wildman–Crippen LogP) is 2.79. The largest absolute Gasteiger partial charge is 0.450 e. The monoisotopic (exact) mass is 383 g/mol. The van der Waals surface area contributed by atoms with Gasteiger partial charge in [0, 0.05) is 37.9 Å². The highest BCUT2D eigenvalue weighted by Gasteiger charge is 2.24. The lowest BCUT2D eigenvalue weighted by Crippen LogP contribution is -2.42. The summed E-state index contributed by atoms with van der Waals surface area (Å²) in [4.78, 5) is 36.1. The van der Waals surface area contributed by atoms with E-state index in [9.17, 15) is 9.59 Å². The Balaban J connectivity index is 1.60. The molecular weight excluding hydrogens is 358 g/mol. The van der Waals surface area contributed by atoms with Crippen LogP contribution < -0.4 is 10.2 Å². The third-order valence-corrected chi connectivity index (χ3v) is 4.71. The number of carbonyl (C=O) groups is 2. The lowest BCUT2D eigenvalue weighted by atomic mass is 10.1. The van der Waals surface area contributed by atoms with Crippen LogP contribution in [0.4, 0.5) is 16.3 Å². The number of hydrogen-bond donors (Lipinski definition) is 1. The van der Waals surface area contributed by atoms with Crippen LogP contribution >= 0.6 is 0 Å². The highest BCUT2D eigenvalue weighted by Crippen LogP contribution is 2.18. The summed E-state index contributed by atoms with van der Waals surface area (Å²) in [5, 5.41) is 3.35. The van der Waals surface area contributed by atoms with Gasteiger partial charge in [-0.2, -0.15) is 0 Å². The van der Waals surface area contributed by atoms with Gasteiger partial charge in [0.15, 0.2) is 0 Å². The number of benzene rings is 1. The maximum atomic E-state index is 12.7. The average molecular weight is 383 g/mol. The SMILES string of the molecule is CCOC(=O)N1CCC(Nc2cc(C(=O)N(C)c3ccccc3)ncn2)CC1. The van der Waals surface area contributed by atoms with E-state index in [-0.39, 0.29) is 18.0 Å². The molecule has 8 nitrogen and oxygen atoms in total. The molecule has 0 radical (unpaired) electrons. The summed E-state index contributed by atoms with van der Waals surface area (Å²) in [6.07, 6.45) is 2.70. The van der Waals surface area contributed by atoms with Crippen LogP contribution in [0.15, 0.2) is 42.7 Å². The van der Waals surface area contributed by atoms with Crippen LogP contribution in [0, 0.1) is 0 Å². The van der Waals surface area contributed by atoms with Crippen LogP contribution in [-0.4, -0.2) is 59.7 Å². The minimum Gasteiger partial charge on any atom is -0.450 e. The fourth-order valence-electron chi connectivity index (χ4n) is 3.12. The molecule has 0 spiro atoms. The molecule has 0 saturated carbocycles. The summed E-state index contributed by atoms with van der Waals surface area (Å²) in [5.41, 5.74) is 1.12. The van der Waals surface area contributed by atoms with E-state index in [0.29, 0.717) is 31.2 Å². The summed E-state index contributed by atoms with van der Waals surface area (Å²) < 4.78 is 5.04. The maximum Gasteiger partial charge on any atom is 0.409 e. The molecule has 1 aliphatic heterocycles. The number of amides is 2. The summed E-state index contributed by atoms with van der Waals surface area (Å²) >= 11 is 0. The predicted molar refractivity (Wildman–Crippen MR) is 106 cm³/mol. The number of carbonyl (C=O) groups excluding carboxylic acids is 2. The molecule has 2 amide bonds. The van der Waals surface area contributed by atoms with Crippen LogP contribution in [0.1, 0.15) is 30.3 Å². The first-order valence-corrected chi connectivity index (χ1v) is 9.42. The van der Waals surface area contributed by atoms with Crippen molar-refractivity contribution in [3.8, 4) is 0 Å². The fourth-order valence-corrected chi connectivity index (χ4v) is 3.12. The Labute approximate surface area is 164 Å². The van der Waals surface area contributed by atoms with Gasteiger partial charge >= 0.3 is 6.09 Å². The molecule has 0 unspecified atom stereocenters. The smallest absolute Gasteiger partial charge is 0.409 e. The number of ether oxygens (including phenoxy) is 1. The van der Waals surface area contributed by atoms with E-state index in [0.717, 1.165) is 18.5 Å². The van der Waals surface area contributed by atoms with E-state index in [4.69, 9.17) is 4.74 Å². The lowest BCUT2D eigenvalue weighted by molar-refractivity contribution is 0.0976. The second-order valence-corrected chi connectivity index (χ2v) is 6.59. The topological polar surface area (TPSA) is 87.7 Å². The Kier molecular flexibility index (Phi) is 6.41. The molecule has 0 atom stereocenters. The Bertz CT molecular complexity index is 806. The first kappa shape index (κ1) is 19.6. The molecule has 0 bridgehead atoms. The molecule has 148 valence electrons. The van der Waals surface area contributed by atoms with Crippen molar-refractivity contribution in [3.05, 3.63) is 48.4 Å². The zero-order chi connectivity index (χ0) is 19.9. The molecule has 28 heavy (non-hydrogen) atoms. The Morgan fingerprint density at radius 1 is 1.21 bits per heavy atom. The Hall–Kier alpha value is -3.16. The van der Waals surface area contributed by atoms with Gasteiger partial charge in [0.1, 0.15) is 17.8 Å². The number of nitrogens with zero attached hydrogens (tertiary/aromatic N) is 4. The van der Waals surface area contributed by atoms with Gasteiger partial charge in [0.05, 0.1) is 6.61 Å². The van der Waals surface area contributed by atoms with Crippen LogP contribution in [0.25, 0.3) is 0 Å².